The van der Waals surface area contributed by atoms with E-state index in [2.05, 4.69) is 10.2 Å². The number of hydrogen-bond donors (Lipinski definition) is 3. The first kappa shape index (κ1) is 23.0. The Labute approximate surface area is 208 Å². The first-order valence-corrected chi connectivity index (χ1v) is 12.3. The van der Waals surface area contributed by atoms with Crippen LogP contribution in [0.5, 0.6) is 11.5 Å². The molecule has 2 fully saturated rings. The Kier molecular flexibility index (Phi) is 5.14. The van der Waals surface area contributed by atoms with Gasteiger partial charge in [0, 0.05) is 24.4 Å². The fourth-order valence-corrected chi connectivity index (χ4v) is 6.93. The Bertz CT molecular complexity index is 1260. The zero-order valence-electron chi connectivity index (χ0n) is 19.9. The van der Waals surface area contributed by atoms with Crippen molar-refractivity contribution in [3.8, 4) is 11.5 Å². The number of nitrogens with zero attached hydrogens (tertiary/aromatic N) is 1. The lowest BCUT2D eigenvalue weighted by Crippen LogP contribution is -2.76. The van der Waals surface area contributed by atoms with Crippen LogP contribution in [0.15, 0.2) is 42.5 Å². The molecule has 0 radical (unpaired) electrons. The van der Waals surface area contributed by atoms with Crippen molar-refractivity contribution >= 4 is 17.8 Å². The van der Waals surface area contributed by atoms with E-state index < -0.39 is 35.2 Å². The van der Waals surface area contributed by atoms with Gasteiger partial charge < -0.3 is 29.9 Å². The van der Waals surface area contributed by atoms with Gasteiger partial charge in [0.15, 0.2) is 23.4 Å². The fourth-order valence-electron chi connectivity index (χ4n) is 6.93. The highest BCUT2D eigenvalue weighted by Gasteiger charge is 2.72. The van der Waals surface area contributed by atoms with Crippen molar-refractivity contribution in [2.24, 2.45) is 0 Å². The maximum absolute atomic E-state index is 13.0. The number of carbonyl (C=O) groups is 3. The molecule has 1 spiro atoms. The van der Waals surface area contributed by atoms with Crippen molar-refractivity contribution in [3.05, 3.63) is 59.2 Å². The van der Waals surface area contributed by atoms with E-state index in [0.717, 1.165) is 16.7 Å². The zero-order valence-corrected chi connectivity index (χ0v) is 19.9. The highest BCUT2D eigenvalue weighted by Crippen LogP contribution is 2.64. The summed E-state index contributed by atoms with van der Waals surface area (Å²) in [6, 6.07) is 11.2. The van der Waals surface area contributed by atoms with Crippen LogP contribution < -0.4 is 14.8 Å². The van der Waals surface area contributed by atoms with Crippen LogP contribution in [0.2, 0.25) is 0 Å². The van der Waals surface area contributed by atoms with E-state index >= 15 is 0 Å². The van der Waals surface area contributed by atoms with Crippen LogP contribution >= 0.6 is 0 Å². The number of hydrogen-bond acceptors (Lipinski definition) is 7. The monoisotopic (exact) mass is 492 g/mol. The molecular formula is C27H28N2O7. The Morgan fingerprint density at radius 2 is 2.00 bits per heavy atom. The predicted octanol–water partition coefficient (Wildman–Crippen LogP) is 1.82. The molecule has 1 saturated carbocycles. The molecule has 2 aromatic rings. The number of carboxylic acids is 1. The molecular weight excluding hydrogens is 464 g/mol. The van der Waals surface area contributed by atoms with E-state index in [4.69, 9.17) is 9.47 Å². The molecule has 5 atom stereocenters. The molecule has 2 aliphatic heterocycles. The number of likely N-dealkylation sites (N-methyl/N-ethyl adjacent to an activating group) is 1. The first-order valence-electron chi connectivity index (χ1n) is 12.3. The highest BCUT2D eigenvalue weighted by molar-refractivity contribution is 5.90. The van der Waals surface area contributed by atoms with Crippen molar-refractivity contribution in [1.29, 1.82) is 0 Å². The molecule has 2 aliphatic carbocycles. The second-order valence-electron chi connectivity index (χ2n) is 10.4. The van der Waals surface area contributed by atoms with Gasteiger partial charge in [-0.2, -0.15) is 0 Å². The number of ketones is 1. The quantitative estimate of drug-likeness (QED) is 0.577. The van der Waals surface area contributed by atoms with Gasteiger partial charge in [0.2, 0.25) is 0 Å². The predicted molar refractivity (Wildman–Crippen MR) is 127 cm³/mol. The first-order chi connectivity index (χ1) is 17.2. The minimum atomic E-state index is -1.19. The number of nitrogens with one attached hydrogen (secondary N) is 1. The van der Waals surface area contributed by atoms with Gasteiger partial charge >= 0.3 is 12.1 Å². The van der Waals surface area contributed by atoms with Crippen LogP contribution in [0, 0.1) is 0 Å². The average molecular weight is 493 g/mol. The third-order valence-electron chi connectivity index (χ3n) is 8.59. The Morgan fingerprint density at radius 1 is 1.22 bits per heavy atom. The zero-order chi connectivity index (χ0) is 25.2. The minimum absolute atomic E-state index is 0.0590. The maximum Gasteiger partial charge on any atom is 0.413 e. The summed E-state index contributed by atoms with van der Waals surface area (Å²) in [6.07, 6.45) is 0.0915. The summed E-state index contributed by atoms with van der Waals surface area (Å²) in [5.74, 6) is -0.818. The number of carbonyl (C=O) groups excluding carboxylic acids is 2. The van der Waals surface area contributed by atoms with Crippen molar-refractivity contribution < 1.29 is 34.1 Å². The van der Waals surface area contributed by atoms with E-state index in [9.17, 15) is 24.6 Å². The molecule has 3 N–H and O–H groups in total. The van der Waals surface area contributed by atoms with Crippen LogP contribution in [0.25, 0.3) is 0 Å². The molecule has 188 valence electrons. The SMILES string of the molecule is CN1CCC23c4c5ccc(OC(=O)N[C@@H](Cc6ccccc6)C(=O)O)c4O[C@H]2C(=O)CC[C@@]3(O)[C@H]1C5. The Hall–Kier alpha value is -3.43. The van der Waals surface area contributed by atoms with Gasteiger partial charge in [-0.05, 0) is 50.0 Å². The lowest BCUT2D eigenvalue weighted by atomic mass is 9.49. The molecule has 9 heteroatoms. The number of piperidine rings is 1. The number of carboxylic acid groups (broad SMARTS) is 1. The van der Waals surface area contributed by atoms with Crippen molar-refractivity contribution in [2.75, 3.05) is 13.6 Å². The molecule has 2 heterocycles. The van der Waals surface area contributed by atoms with E-state index in [1.54, 1.807) is 30.3 Å². The van der Waals surface area contributed by atoms with Crippen molar-refractivity contribution in [3.63, 3.8) is 0 Å². The summed E-state index contributed by atoms with van der Waals surface area (Å²) >= 11 is 0. The number of Topliss-reactive ketones (excluding diaryl/α,β-unsaturated/α-hetero) is 1. The maximum atomic E-state index is 13.0. The number of ether oxygens (including phenoxy) is 2. The number of benzene rings is 2. The third-order valence-corrected chi connectivity index (χ3v) is 8.59. The molecule has 4 aliphatic rings. The number of aliphatic carboxylic acids is 1. The summed E-state index contributed by atoms with van der Waals surface area (Å²) in [7, 11) is 2.00. The van der Waals surface area contributed by atoms with Crippen LogP contribution in [0.1, 0.15) is 36.0 Å². The van der Waals surface area contributed by atoms with Crippen LogP contribution in [-0.4, -0.2) is 70.3 Å². The number of amides is 1. The fraction of sp³-hybridized carbons (Fsp3) is 0.444. The summed E-state index contributed by atoms with van der Waals surface area (Å²) in [4.78, 5) is 39.8. The van der Waals surface area contributed by atoms with E-state index in [0.29, 0.717) is 31.6 Å². The summed E-state index contributed by atoms with van der Waals surface area (Å²) in [5, 5.41) is 24.1. The van der Waals surface area contributed by atoms with E-state index in [-0.39, 0.29) is 30.4 Å². The molecule has 36 heavy (non-hydrogen) atoms. The molecule has 9 nitrogen and oxygen atoms in total. The normalized spacial score (nSPS) is 30.7. The van der Waals surface area contributed by atoms with Gasteiger partial charge in [-0.3, -0.25) is 4.79 Å². The smallest absolute Gasteiger partial charge is 0.413 e. The molecule has 0 aromatic heterocycles. The van der Waals surface area contributed by atoms with Crippen molar-refractivity contribution in [2.45, 2.75) is 61.3 Å². The second kappa shape index (κ2) is 8.04. The third kappa shape index (κ3) is 3.12. The molecule has 2 aromatic carbocycles. The average Bonchev–Trinajstić information content (AvgIpc) is 3.21. The van der Waals surface area contributed by atoms with E-state index in [1.807, 2.05) is 19.2 Å². The molecule has 1 unspecified atom stereocenters. The summed E-state index contributed by atoms with van der Waals surface area (Å²) in [6.45, 7) is 0.713. The Morgan fingerprint density at radius 3 is 2.75 bits per heavy atom. The van der Waals surface area contributed by atoms with Gasteiger partial charge in [-0.25, -0.2) is 9.59 Å². The summed E-state index contributed by atoms with van der Waals surface area (Å²) < 4.78 is 11.8. The molecule has 1 saturated heterocycles. The standard InChI is InChI=1S/C27H28N2O7/c1-29-12-11-26-21-16-7-8-19(22(21)36-23(26)18(30)9-10-27(26,34)20(29)14-16)35-25(33)28-17(24(31)32)13-15-5-3-2-4-6-15/h2-8,17,20,23,34H,9-14H2,1H3,(H,28,33)(H,31,32)/t17-,20+,23-,26?,27+/m0/s1. The topological polar surface area (TPSA) is 125 Å². The van der Waals surface area contributed by atoms with Gasteiger partial charge in [-0.1, -0.05) is 36.4 Å². The molecule has 1 amide bonds. The molecule has 6 rings (SSSR count). The number of rotatable bonds is 5. The summed E-state index contributed by atoms with van der Waals surface area (Å²) in [5.41, 5.74) is 0.496. The van der Waals surface area contributed by atoms with Crippen molar-refractivity contribution in [1.82, 2.24) is 10.2 Å². The van der Waals surface area contributed by atoms with Gasteiger partial charge in [0.1, 0.15) is 6.04 Å². The van der Waals surface area contributed by atoms with Gasteiger partial charge in [0.25, 0.3) is 0 Å². The van der Waals surface area contributed by atoms with Crippen LogP contribution in [-0.2, 0) is 27.8 Å². The largest absolute Gasteiger partial charge is 0.480 e. The lowest BCUT2D eigenvalue weighted by Gasteiger charge is -2.61. The number of aliphatic hydroxyl groups is 1. The lowest BCUT2D eigenvalue weighted by molar-refractivity contribution is -0.185. The van der Waals surface area contributed by atoms with Crippen LogP contribution in [0.3, 0.4) is 0 Å². The highest BCUT2D eigenvalue weighted by atomic mass is 16.6. The van der Waals surface area contributed by atoms with Gasteiger partial charge in [-0.15, -0.1) is 0 Å². The number of likely N-dealkylation sites (tertiary alicyclic amines) is 1. The van der Waals surface area contributed by atoms with Crippen LogP contribution in [0.4, 0.5) is 4.79 Å². The Balaban J connectivity index is 1.32. The minimum Gasteiger partial charge on any atom is -0.480 e. The second-order valence-corrected chi connectivity index (χ2v) is 10.4. The molecule has 2 bridgehead atoms. The van der Waals surface area contributed by atoms with Gasteiger partial charge in [0.05, 0.1) is 11.0 Å². The van der Waals surface area contributed by atoms with E-state index in [1.165, 1.54) is 0 Å².